The standard InChI is InChI=1S/C27H32N2O5/c1-3-29(15-18(2)24(30)31)25(32)27(13-8-14-27)17-28-26(33)34-16-23-21-11-6-4-9-19(21)20-10-5-7-12-22(20)23/h4-7,9-12,18,23H,3,8,13-17H2,1-2H3,(H,28,33)(H,30,31). The highest BCUT2D eigenvalue weighted by Crippen LogP contribution is 2.45. The lowest BCUT2D eigenvalue weighted by molar-refractivity contribution is -0.149. The zero-order valence-corrected chi connectivity index (χ0v) is 19.8. The third-order valence-corrected chi connectivity index (χ3v) is 7.26. The molecule has 2 N–H and O–H groups in total. The van der Waals surface area contributed by atoms with E-state index < -0.39 is 23.4 Å². The van der Waals surface area contributed by atoms with Crippen LogP contribution in [0.5, 0.6) is 0 Å². The molecule has 0 aromatic heterocycles. The van der Waals surface area contributed by atoms with Gasteiger partial charge in [0.1, 0.15) is 6.61 Å². The number of aliphatic carboxylic acids is 1. The van der Waals surface area contributed by atoms with Crippen LogP contribution in [-0.4, -0.2) is 54.2 Å². The second kappa shape index (κ2) is 9.87. The van der Waals surface area contributed by atoms with Gasteiger partial charge in [0.15, 0.2) is 0 Å². The van der Waals surface area contributed by atoms with Gasteiger partial charge in [0.25, 0.3) is 0 Å². The molecule has 0 radical (unpaired) electrons. The molecule has 0 saturated heterocycles. The van der Waals surface area contributed by atoms with Crippen LogP contribution in [0.2, 0.25) is 0 Å². The molecular weight excluding hydrogens is 432 g/mol. The van der Waals surface area contributed by atoms with Gasteiger partial charge in [-0.1, -0.05) is 61.9 Å². The van der Waals surface area contributed by atoms with Crippen LogP contribution >= 0.6 is 0 Å². The van der Waals surface area contributed by atoms with Crippen molar-refractivity contribution in [3.8, 4) is 11.1 Å². The predicted octanol–water partition coefficient (Wildman–Crippen LogP) is 4.26. The third-order valence-electron chi connectivity index (χ3n) is 7.26. The van der Waals surface area contributed by atoms with E-state index in [1.807, 2.05) is 31.2 Å². The molecule has 0 bridgehead atoms. The molecule has 2 aromatic carbocycles. The summed E-state index contributed by atoms with van der Waals surface area (Å²) in [5.41, 5.74) is 3.95. The largest absolute Gasteiger partial charge is 0.481 e. The van der Waals surface area contributed by atoms with Crippen LogP contribution in [0.4, 0.5) is 4.79 Å². The molecule has 7 heteroatoms. The summed E-state index contributed by atoms with van der Waals surface area (Å²) in [5.74, 6) is -1.68. The Labute approximate surface area is 200 Å². The van der Waals surface area contributed by atoms with Gasteiger partial charge in [-0.15, -0.1) is 0 Å². The number of amides is 2. The number of alkyl carbamates (subject to hydrolysis) is 1. The van der Waals surface area contributed by atoms with E-state index in [4.69, 9.17) is 4.74 Å². The summed E-state index contributed by atoms with van der Waals surface area (Å²) >= 11 is 0. The first kappa shape index (κ1) is 23.8. The van der Waals surface area contributed by atoms with E-state index in [0.717, 1.165) is 17.5 Å². The molecule has 2 amide bonds. The molecular formula is C27H32N2O5. The number of benzene rings is 2. The maximum absolute atomic E-state index is 13.2. The molecule has 0 heterocycles. The minimum atomic E-state index is -0.925. The van der Waals surface area contributed by atoms with Crippen LogP contribution < -0.4 is 5.32 Å². The molecule has 7 nitrogen and oxygen atoms in total. The smallest absolute Gasteiger partial charge is 0.407 e. The molecule has 2 aliphatic carbocycles. The van der Waals surface area contributed by atoms with Crippen molar-refractivity contribution in [3.05, 3.63) is 59.7 Å². The number of nitrogens with zero attached hydrogens (tertiary/aromatic N) is 1. The van der Waals surface area contributed by atoms with E-state index in [1.54, 1.807) is 11.8 Å². The highest BCUT2D eigenvalue weighted by molar-refractivity contribution is 5.85. The first-order chi connectivity index (χ1) is 16.4. The summed E-state index contributed by atoms with van der Waals surface area (Å²) in [6.07, 6.45) is 1.72. The average Bonchev–Trinajstić information content (AvgIpc) is 3.13. The molecule has 180 valence electrons. The van der Waals surface area contributed by atoms with E-state index in [2.05, 4.69) is 29.6 Å². The molecule has 4 rings (SSSR count). The second-order valence-corrected chi connectivity index (χ2v) is 9.40. The minimum absolute atomic E-state index is 0.0227. The van der Waals surface area contributed by atoms with E-state index in [1.165, 1.54) is 11.1 Å². The minimum Gasteiger partial charge on any atom is -0.481 e. The Hall–Kier alpha value is -3.35. The number of rotatable bonds is 9. The van der Waals surface area contributed by atoms with Crippen molar-refractivity contribution < 1.29 is 24.2 Å². The van der Waals surface area contributed by atoms with Gasteiger partial charge in [0.05, 0.1) is 11.3 Å². The van der Waals surface area contributed by atoms with Crippen LogP contribution in [0.3, 0.4) is 0 Å². The van der Waals surface area contributed by atoms with Gasteiger partial charge in [0, 0.05) is 25.6 Å². The molecule has 2 aliphatic rings. The first-order valence-electron chi connectivity index (χ1n) is 12.0. The van der Waals surface area contributed by atoms with Crippen molar-refractivity contribution in [3.63, 3.8) is 0 Å². The number of carbonyl (C=O) groups is 3. The topological polar surface area (TPSA) is 95.9 Å². The van der Waals surface area contributed by atoms with Gasteiger partial charge in [0.2, 0.25) is 5.91 Å². The van der Waals surface area contributed by atoms with E-state index in [9.17, 15) is 19.5 Å². The molecule has 0 aliphatic heterocycles. The summed E-state index contributed by atoms with van der Waals surface area (Å²) < 4.78 is 5.61. The highest BCUT2D eigenvalue weighted by Gasteiger charge is 2.46. The van der Waals surface area contributed by atoms with Crippen LogP contribution in [0.15, 0.2) is 48.5 Å². The van der Waals surface area contributed by atoms with Crippen LogP contribution in [0, 0.1) is 11.3 Å². The van der Waals surface area contributed by atoms with Gasteiger partial charge in [-0.2, -0.15) is 0 Å². The Morgan fingerprint density at radius 2 is 1.68 bits per heavy atom. The predicted molar refractivity (Wildman–Crippen MR) is 128 cm³/mol. The summed E-state index contributed by atoms with van der Waals surface area (Å²) in [6.45, 7) is 4.46. The monoisotopic (exact) mass is 464 g/mol. The van der Waals surface area contributed by atoms with Gasteiger partial charge in [-0.05, 0) is 42.0 Å². The van der Waals surface area contributed by atoms with Gasteiger partial charge >= 0.3 is 12.1 Å². The number of hydrogen-bond donors (Lipinski definition) is 2. The van der Waals surface area contributed by atoms with Gasteiger partial charge in [-0.25, -0.2) is 4.79 Å². The van der Waals surface area contributed by atoms with Crippen LogP contribution in [0.1, 0.15) is 50.2 Å². The normalized spacial score (nSPS) is 16.5. The number of carbonyl (C=O) groups excluding carboxylic acids is 2. The number of carboxylic acids is 1. The lowest BCUT2D eigenvalue weighted by atomic mass is 9.67. The van der Waals surface area contributed by atoms with Crippen molar-refractivity contribution >= 4 is 18.0 Å². The quantitative estimate of drug-likeness (QED) is 0.578. The molecule has 1 saturated carbocycles. The Kier molecular flexibility index (Phi) is 6.91. The van der Waals surface area contributed by atoms with E-state index in [0.29, 0.717) is 19.4 Å². The molecule has 34 heavy (non-hydrogen) atoms. The maximum Gasteiger partial charge on any atom is 0.407 e. The maximum atomic E-state index is 13.2. The lowest BCUT2D eigenvalue weighted by Gasteiger charge is -2.43. The Bertz CT molecular complexity index is 1030. The van der Waals surface area contributed by atoms with Crippen molar-refractivity contribution in [1.29, 1.82) is 0 Å². The number of ether oxygens (including phenoxy) is 1. The van der Waals surface area contributed by atoms with Crippen LogP contribution in [0.25, 0.3) is 11.1 Å². The Morgan fingerprint density at radius 3 is 2.18 bits per heavy atom. The van der Waals surface area contributed by atoms with E-state index >= 15 is 0 Å². The zero-order valence-electron chi connectivity index (χ0n) is 19.8. The van der Waals surface area contributed by atoms with Gasteiger partial charge < -0.3 is 20.1 Å². The Morgan fingerprint density at radius 1 is 1.09 bits per heavy atom. The number of fused-ring (bicyclic) bond motifs is 3. The average molecular weight is 465 g/mol. The fourth-order valence-electron chi connectivity index (χ4n) is 5.06. The van der Waals surface area contributed by atoms with Crippen molar-refractivity contribution in [2.24, 2.45) is 11.3 Å². The molecule has 1 atom stereocenters. The molecule has 1 unspecified atom stereocenters. The summed E-state index contributed by atoms with van der Waals surface area (Å²) in [5, 5.41) is 12.0. The second-order valence-electron chi connectivity index (χ2n) is 9.40. The molecule has 1 fully saturated rings. The number of carboxylic acid groups (broad SMARTS) is 1. The SMILES string of the molecule is CCN(CC(C)C(=O)O)C(=O)C1(CNC(=O)OCC2c3ccccc3-c3ccccc32)CCC1. The zero-order chi connectivity index (χ0) is 24.3. The summed E-state index contributed by atoms with van der Waals surface area (Å²) in [7, 11) is 0. The fraction of sp³-hybridized carbons (Fsp3) is 0.444. The number of nitrogens with one attached hydrogen (secondary N) is 1. The van der Waals surface area contributed by atoms with Gasteiger partial charge in [-0.3, -0.25) is 9.59 Å². The summed E-state index contributed by atoms with van der Waals surface area (Å²) in [6, 6.07) is 16.3. The van der Waals surface area contributed by atoms with Crippen molar-refractivity contribution in [1.82, 2.24) is 10.2 Å². The highest BCUT2D eigenvalue weighted by atomic mass is 16.5. The van der Waals surface area contributed by atoms with Crippen LogP contribution in [-0.2, 0) is 14.3 Å². The molecule has 0 spiro atoms. The number of hydrogen-bond acceptors (Lipinski definition) is 4. The van der Waals surface area contributed by atoms with Crippen molar-refractivity contribution in [2.45, 2.75) is 39.0 Å². The Balaban J connectivity index is 1.36. The third kappa shape index (κ3) is 4.52. The molecule has 2 aromatic rings. The van der Waals surface area contributed by atoms with E-state index in [-0.39, 0.29) is 31.5 Å². The lowest BCUT2D eigenvalue weighted by Crippen LogP contribution is -2.54. The summed E-state index contributed by atoms with van der Waals surface area (Å²) in [4.78, 5) is 38.7. The first-order valence-corrected chi connectivity index (χ1v) is 12.0. The van der Waals surface area contributed by atoms with Crippen molar-refractivity contribution in [2.75, 3.05) is 26.2 Å². The fourth-order valence-corrected chi connectivity index (χ4v) is 5.06.